The molecule has 5 nitrogen and oxygen atoms in total. The lowest BCUT2D eigenvalue weighted by molar-refractivity contribution is -0.115. The summed E-state index contributed by atoms with van der Waals surface area (Å²) in [5, 5.41) is 11.0. The van der Waals surface area contributed by atoms with Gasteiger partial charge in [-0.2, -0.15) is 0 Å². The van der Waals surface area contributed by atoms with Crippen molar-refractivity contribution in [2.24, 2.45) is 0 Å². The Bertz CT molecular complexity index is 1080. The van der Waals surface area contributed by atoms with Crippen molar-refractivity contribution < 1.29 is 9.21 Å². The number of carbonyl (C=O) groups excluding carboxylic acids is 1. The number of hydrogen-bond donors (Lipinski definition) is 1. The zero-order chi connectivity index (χ0) is 20.1. The molecular weight excluding hydrogens is 382 g/mol. The molecule has 0 spiro atoms. The van der Waals surface area contributed by atoms with Gasteiger partial charge in [-0.05, 0) is 48.5 Å². The first-order valence-corrected chi connectivity index (χ1v) is 10.0. The van der Waals surface area contributed by atoms with E-state index < -0.39 is 5.25 Å². The Morgan fingerprint density at radius 1 is 0.897 bits per heavy atom. The molecule has 0 aliphatic heterocycles. The minimum atomic E-state index is -0.526. The Balaban J connectivity index is 1.57. The molecule has 29 heavy (non-hydrogen) atoms. The Hall–Kier alpha value is -3.38. The third-order valence-electron chi connectivity index (χ3n) is 4.31. The van der Waals surface area contributed by atoms with Crippen LogP contribution in [0.2, 0.25) is 0 Å². The van der Waals surface area contributed by atoms with Crippen molar-refractivity contribution in [2.75, 3.05) is 5.32 Å². The number of nitrogens with one attached hydrogen (secondary N) is 1. The van der Waals surface area contributed by atoms with E-state index in [0.29, 0.717) is 11.1 Å². The van der Waals surface area contributed by atoms with Crippen molar-refractivity contribution in [1.82, 2.24) is 10.2 Å². The van der Waals surface area contributed by atoms with Crippen LogP contribution in [0, 0.1) is 6.92 Å². The Labute approximate surface area is 173 Å². The SMILES string of the molecule is Cc1ccc(NC(=O)C(Sc2nnc(-c3ccccc3)o2)c2ccccc2)cc1. The highest BCUT2D eigenvalue weighted by atomic mass is 32.2. The molecule has 4 rings (SSSR count). The highest BCUT2D eigenvalue weighted by molar-refractivity contribution is 8.00. The number of aromatic nitrogens is 2. The second-order valence-corrected chi connectivity index (χ2v) is 7.56. The smallest absolute Gasteiger partial charge is 0.277 e. The van der Waals surface area contributed by atoms with Crippen LogP contribution in [0.5, 0.6) is 0 Å². The number of nitrogens with zero attached hydrogens (tertiary/aromatic N) is 2. The van der Waals surface area contributed by atoms with Gasteiger partial charge < -0.3 is 9.73 Å². The van der Waals surface area contributed by atoms with E-state index >= 15 is 0 Å². The summed E-state index contributed by atoms with van der Waals surface area (Å²) in [7, 11) is 0. The van der Waals surface area contributed by atoms with Crippen LogP contribution >= 0.6 is 11.8 Å². The normalized spacial score (nSPS) is 11.8. The summed E-state index contributed by atoms with van der Waals surface area (Å²) in [6, 6.07) is 26.8. The predicted octanol–water partition coefficient (Wildman–Crippen LogP) is 5.52. The number of amides is 1. The van der Waals surface area contributed by atoms with E-state index in [0.717, 1.165) is 22.4 Å². The maximum absolute atomic E-state index is 13.1. The lowest BCUT2D eigenvalue weighted by Gasteiger charge is -2.15. The number of hydrogen-bond acceptors (Lipinski definition) is 5. The summed E-state index contributed by atoms with van der Waals surface area (Å²) in [6.45, 7) is 2.01. The van der Waals surface area contributed by atoms with Crippen LogP contribution in [0.3, 0.4) is 0 Å². The van der Waals surface area contributed by atoms with Gasteiger partial charge in [-0.1, -0.05) is 66.2 Å². The number of thioether (sulfide) groups is 1. The second-order valence-electron chi connectivity index (χ2n) is 6.50. The van der Waals surface area contributed by atoms with Crippen LogP contribution in [0.1, 0.15) is 16.4 Å². The van der Waals surface area contributed by atoms with Gasteiger partial charge in [0.1, 0.15) is 5.25 Å². The molecule has 0 aliphatic rings. The van der Waals surface area contributed by atoms with Crippen molar-refractivity contribution in [1.29, 1.82) is 0 Å². The van der Waals surface area contributed by atoms with Crippen LogP contribution in [-0.2, 0) is 4.79 Å². The molecule has 0 bridgehead atoms. The van der Waals surface area contributed by atoms with Gasteiger partial charge in [0.25, 0.3) is 5.22 Å². The van der Waals surface area contributed by atoms with Crippen molar-refractivity contribution >= 4 is 23.4 Å². The minimum absolute atomic E-state index is 0.149. The average molecular weight is 401 g/mol. The maximum atomic E-state index is 13.1. The molecule has 1 N–H and O–H groups in total. The number of benzene rings is 3. The number of rotatable bonds is 6. The molecule has 0 saturated carbocycles. The standard InChI is InChI=1S/C23H19N3O2S/c1-16-12-14-19(15-13-16)24-21(27)20(17-8-4-2-5-9-17)29-23-26-25-22(28-23)18-10-6-3-7-11-18/h2-15,20H,1H3,(H,24,27). The minimum Gasteiger partial charge on any atom is -0.411 e. The molecule has 3 aromatic carbocycles. The van der Waals surface area contributed by atoms with Crippen LogP contribution in [0.25, 0.3) is 11.5 Å². The fourth-order valence-electron chi connectivity index (χ4n) is 2.80. The third-order valence-corrected chi connectivity index (χ3v) is 5.39. The topological polar surface area (TPSA) is 68.0 Å². The lowest BCUT2D eigenvalue weighted by atomic mass is 10.1. The molecular formula is C23H19N3O2S. The molecule has 1 aromatic heterocycles. The fourth-order valence-corrected chi connectivity index (χ4v) is 3.68. The molecule has 144 valence electrons. The second kappa shape index (κ2) is 8.75. The number of aryl methyl sites for hydroxylation is 1. The van der Waals surface area contributed by atoms with Crippen molar-refractivity contribution in [2.45, 2.75) is 17.4 Å². The van der Waals surface area contributed by atoms with E-state index in [4.69, 9.17) is 4.42 Å². The van der Waals surface area contributed by atoms with Crippen LogP contribution < -0.4 is 5.32 Å². The number of carbonyl (C=O) groups is 1. The third kappa shape index (κ3) is 4.73. The molecule has 1 heterocycles. The molecule has 0 saturated heterocycles. The molecule has 1 amide bonds. The predicted molar refractivity (Wildman–Crippen MR) is 115 cm³/mol. The summed E-state index contributed by atoms with van der Waals surface area (Å²) in [6.07, 6.45) is 0. The summed E-state index contributed by atoms with van der Waals surface area (Å²) >= 11 is 1.24. The monoisotopic (exact) mass is 401 g/mol. The molecule has 6 heteroatoms. The summed E-state index contributed by atoms with van der Waals surface area (Å²) in [4.78, 5) is 13.1. The molecule has 0 aliphatic carbocycles. The van der Waals surface area contributed by atoms with Gasteiger partial charge in [-0.25, -0.2) is 0 Å². The Morgan fingerprint density at radius 3 is 2.24 bits per heavy atom. The van der Waals surface area contributed by atoms with Gasteiger partial charge in [0.2, 0.25) is 11.8 Å². The van der Waals surface area contributed by atoms with Crippen LogP contribution in [0.15, 0.2) is 94.6 Å². The molecule has 0 fully saturated rings. The first-order valence-electron chi connectivity index (χ1n) is 9.17. The van der Waals surface area contributed by atoms with Gasteiger partial charge >= 0.3 is 0 Å². The first kappa shape index (κ1) is 19.0. The Kier molecular flexibility index (Phi) is 5.72. The highest BCUT2D eigenvalue weighted by Gasteiger charge is 2.25. The van der Waals surface area contributed by atoms with E-state index in [1.807, 2.05) is 91.9 Å². The highest BCUT2D eigenvalue weighted by Crippen LogP contribution is 2.36. The van der Waals surface area contributed by atoms with Crippen LogP contribution in [-0.4, -0.2) is 16.1 Å². The van der Waals surface area contributed by atoms with E-state index in [2.05, 4.69) is 15.5 Å². The van der Waals surface area contributed by atoms with E-state index in [1.165, 1.54) is 11.8 Å². The molecule has 1 atom stereocenters. The fraction of sp³-hybridized carbons (Fsp3) is 0.0870. The average Bonchev–Trinajstić information content (AvgIpc) is 3.24. The summed E-state index contributed by atoms with van der Waals surface area (Å²) < 4.78 is 5.80. The molecule has 1 unspecified atom stereocenters. The van der Waals surface area contributed by atoms with Crippen molar-refractivity contribution in [3.8, 4) is 11.5 Å². The Morgan fingerprint density at radius 2 is 1.55 bits per heavy atom. The quantitative estimate of drug-likeness (QED) is 0.431. The van der Waals surface area contributed by atoms with Crippen molar-refractivity contribution in [3.05, 3.63) is 96.1 Å². The zero-order valence-corrected chi connectivity index (χ0v) is 16.6. The summed E-state index contributed by atoms with van der Waals surface area (Å²) in [5.41, 5.74) is 3.59. The number of anilines is 1. The lowest BCUT2D eigenvalue weighted by Crippen LogP contribution is -2.19. The zero-order valence-electron chi connectivity index (χ0n) is 15.8. The first-order chi connectivity index (χ1) is 14.2. The van der Waals surface area contributed by atoms with Crippen molar-refractivity contribution in [3.63, 3.8) is 0 Å². The summed E-state index contributed by atoms with van der Waals surface area (Å²) in [5.74, 6) is 0.281. The van der Waals surface area contributed by atoms with Gasteiger partial charge in [-0.3, -0.25) is 4.79 Å². The van der Waals surface area contributed by atoms with Gasteiger partial charge in [0, 0.05) is 11.3 Å². The van der Waals surface area contributed by atoms with Gasteiger partial charge in [0.15, 0.2) is 0 Å². The molecule has 4 aromatic rings. The van der Waals surface area contributed by atoms with Gasteiger partial charge in [0.05, 0.1) is 0 Å². The maximum Gasteiger partial charge on any atom is 0.277 e. The van der Waals surface area contributed by atoms with Crippen LogP contribution in [0.4, 0.5) is 5.69 Å². The van der Waals surface area contributed by atoms with E-state index in [9.17, 15) is 4.79 Å². The van der Waals surface area contributed by atoms with E-state index in [-0.39, 0.29) is 5.91 Å². The van der Waals surface area contributed by atoms with E-state index in [1.54, 1.807) is 0 Å². The largest absolute Gasteiger partial charge is 0.411 e. The van der Waals surface area contributed by atoms with Gasteiger partial charge in [-0.15, -0.1) is 10.2 Å². The molecule has 0 radical (unpaired) electrons.